The summed E-state index contributed by atoms with van der Waals surface area (Å²) < 4.78 is 8.08. The van der Waals surface area contributed by atoms with Crippen LogP contribution in [0.1, 0.15) is 43.8 Å². The molecular formula is C17H23N3O. The summed E-state index contributed by atoms with van der Waals surface area (Å²) in [6.07, 6.45) is 1.81. The predicted molar refractivity (Wildman–Crippen MR) is 85.4 cm³/mol. The van der Waals surface area contributed by atoms with Gasteiger partial charge >= 0.3 is 0 Å². The van der Waals surface area contributed by atoms with Gasteiger partial charge in [0.1, 0.15) is 0 Å². The maximum absolute atomic E-state index is 11.4. The zero-order chi connectivity index (χ0) is 16.1. The quantitative estimate of drug-likeness (QED) is 0.810. The zero-order valence-electron chi connectivity index (χ0n) is 13.8. The van der Waals surface area contributed by atoms with Crippen molar-refractivity contribution in [3.05, 3.63) is 35.0 Å². The van der Waals surface area contributed by atoms with Crippen LogP contribution >= 0.6 is 0 Å². The van der Waals surface area contributed by atoms with Crippen molar-refractivity contribution in [1.29, 1.82) is 0 Å². The average molecular weight is 286 g/mol. The molecule has 0 fully saturated rings. The van der Waals surface area contributed by atoms with Gasteiger partial charge < -0.3 is 16.0 Å². The highest BCUT2D eigenvalue weighted by Crippen LogP contribution is 2.32. The van der Waals surface area contributed by atoms with Gasteiger partial charge in [0.15, 0.2) is 0 Å². The molecule has 1 aliphatic rings. The average Bonchev–Trinajstić information content (AvgIpc) is 2.74. The minimum Gasteiger partial charge on any atom is -0.366 e. The van der Waals surface area contributed by atoms with E-state index in [1.807, 2.05) is 26.0 Å². The molecule has 21 heavy (non-hydrogen) atoms. The van der Waals surface area contributed by atoms with Crippen LogP contribution in [-0.4, -0.2) is 23.0 Å². The fraction of sp³-hybridized carbons (Fsp3) is 0.471. The number of carbonyl (C=O) groups is 1. The molecule has 0 aliphatic heterocycles. The van der Waals surface area contributed by atoms with Gasteiger partial charge in [-0.15, -0.1) is 0 Å². The summed E-state index contributed by atoms with van der Waals surface area (Å²) in [5.74, 6) is 0.0591. The van der Waals surface area contributed by atoms with E-state index in [1.165, 1.54) is 11.3 Å². The molecule has 4 nitrogen and oxygen atoms in total. The molecule has 0 saturated carbocycles. The van der Waals surface area contributed by atoms with Gasteiger partial charge in [-0.05, 0) is 42.5 Å². The highest BCUT2D eigenvalue weighted by atomic mass is 16.1. The van der Waals surface area contributed by atoms with Crippen LogP contribution in [0.4, 0.5) is 0 Å². The number of aromatic amines is 1. The van der Waals surface area contributed by atoms with E-state index in [2.05, 4.69) is 17.2 Å². The van der Waals surface area contributed by atoms with Crippen LogP contribution in [0.3, 0.4) is 0 Å². The van der Waals surface area contributed by atoms with E-state index in [0.29, 0.717) is 11.5 Å². The number of primary amides is 1. The smallest absolute Gasteiger partial charge is 0.248 e. The van der Waals surface area contributed by atoms with Gasteiger partial charge in [-0.3, -0.25) is 4.79 Å². The largest absolute Gasteiger partial charge is 0.366 e. The standard InChI is InChI=1S/C17H23N3O/c1-9(2)19-15-8-13-12-7-11(17(18)21)4-5-14(12)20-16(13)6-10(15)3/h4-5,7,9-10,15,19-20H,6,8H2,1-3H3,(H2,18,21)/t10?,15-/m0/s1/i9D. The number of aromatic nitrogens is 1. The van der Waals surface area contributed by atoms with Crippen molar-refractivity contribution >= 4 is 16.8 Å². The summed E-state index contributed by atoms with van der Waals surface area (Å²) in [5.41, 5.74) is 9.47. The van der Waals surface area contributed by atoms with E-state index in [4.69, 9.17) is 7.10 Å². The fourth-order valence-corrected chi connectivity index (χ4v) is 3.31. The summed E-state index contributed by atoms with van der Waals surface area (Å²) in [4.78, 5) is 14.9. The highest BCUT2D eigenvalue weighted by molar-refractivity contribution is 5.98. The molecule has 0 radical (unpaired) electrons. The second-order valence-electron chi connectivity index (χ2n) is 6.34. The summed E-state index contributed by atoms with van der Waals surface area (Å²) in [6, 6.07) is 5.18. The third-order valence-electron chi connectivity index (χ3n) is 4.39. The molecule has 1 aliphatic carbocycles. The van der Waals surface area contributed by atoms with Crippen molar-refractivity contribution in [2.24, 2.45) is 11.7 Å². The Balaban J connectivity index is 2.01. The first kappa shape index (κ1) is 12.9. The summed E-state index contributed by atoms with van der Waals surface area (Å²) in [5, 5.41) is 4.48. The number of fused-ring (bicyclic) bond motifs is 3. The molecule has 1 aromatic carbocycles. The van der Waals surface area contributed by atoms with E-state index in [0.717, 1.165) is 23.7 Å². The van der Waals surface area contributed by atoms with Crippen molar-refractivity contribution in [2.75, 3.05) is 0 Å². The Hall–Kier alpha value is -1.81. The van der Waals surface area contributed by atoms with Gasteiger partial charge in [0, 0.05) is 35.6 Å². The Morgan fingerprint density at radius 3 is 2.90 bits per heavy atom. The molecular weight excluding hydrogens is 262 g/mol. The molecule has 4 heteroatoms. The monoisotopic (exact) mass is 286 g/mol. The highest BCUT2D eigenvalue weighted by Gasteiger charge is 2.28. The first-order chi connectivity index (χ1) is 10.2. The molecule has 2 aromatic rings. The normalized spacial score (nSPS) is 22.9. The van der Waals surface area contributed by atoms with E-state index in [1.54, 1.807) is 6.07 Å². The van der Waals surface area contributed by atoms with Crippen LogP contribution in [0, 0.1) is 5.92 Å². The molecule has 112 valence electrons. The number of hydrogen-bond donors (Lipinski definition) is 3. The maximum atomic E-state index is 11.4. The summed E-state index contributed by atoms with van der Waals surface area (Å²) in [6.45, 7) is 5.96. The van der Waals surface area contributed by atoms with Gasteiger partial charge in [-0.2, -0.15) is 0 Å². The number of nitrogens with one attached hydrogen (secondary N) is 2. The van der Waals surface area contributed by atoms with Gasteiger partial charge in [0.05, 0.1) is 0 Å². The fourth-order valence-electron chi connectivity index (χ4n) is 3.31. The Bertz CT molecular complexity index is 729. The lowest BCUT2D eigenvalue weighted by molar-refractivity contribution is 0.100. The second-order valence-corrected chi connectivity index (χ2v) is 6.34. The third-order valence-corrected chi connectivity index (χ3v) is 4.39. The third kappa shape index (κ3) is 2.56. The number of H-pyrrole nitrogens is 1. The van der Waals surface area contributed by atoms with Gasteiger partial charge in [-0.1, -0.05) is 20.8 Å². The number of nitrogens with two attached hydrogens (primary N) is 1. The van der Waals surface area contributed by atoms with Crippen molar-refractivity contribution < 1.29 is 6.17 Å². The number of hydrogen-bond acceptors (Lipinski definition) is 2. The summed E-state index contributed by atoms with van der Waals surface area (Å²) in [7, 11) is 0. The molecule has 0 spiro atoms. The molecule has 0 bridgehead atoms. The predicted octanol–water partition coefficient (Wildman–Crippen LogP) is 2.37. The van der Waals surface area contributed by atoms with Crippen molar-refractivity contribution in [2.45, 2.75) is 45.7 Å². The molecule has 1 aromatic heterocycles. The van der Waals surface area contributed by atoms with Crippen LogP contribution in [-0.2, 0) is 12.8 Å². The number of benzene rings is 1. The first-order valence-corrected chi connectivity index (χ1v) is 7.45. The lowest BCUT2D eigenvalue weighted by Crippen LogP contribution is -2.43. The molecule has 1 unspecified atom stereocenters. The zero-order valence-corrected chi connectivity index (χ0v) is 12.8. The lowest BCUT2D eigenvalue weighted by atomic mass is 9.83. The molecule has 4 N–H and O–H groups in total. The van der Waals surface area contributed by atoms with Gasteiger partial charge in [0.2, 0.25) is 5.91 Å². The van der Waals surface area contributed by atoms with Gasteiger partial charge in [0.25, 0.3) is 0 Å². The van der Waals surface area contributed by atoms with E-state index >= 15 is 0 Å². The van der Waals surface area contributed by atoms with Crippen LogP contribution < -0.4 is 11.1 Å². The van der Waals surface area contributed by atoms with Crippen LogP contribution in [0.25, 0.3) is 10.9 Å². The van der Waals surface area contributed by atoms with Crippen molar-refractivity contribution in [1.82, 2.24) is 10.3 Å². The number of rotatable bonds is 3. The minimum atomic E-state index is -0.652. The van der Waals surface area contributed by atoms with E-state index < -0.39 is 11.9 Å². The maximum Gasteiger partial charge on any atom is 0.248 e. The Morgan fingerprint density at radius 2 is 2.24 bits per heavy atom. The van der Waals surface area contributed by atoms with E-state index in [-0.39, 0.29) is 6.04 Å². The Labute approximate surface area is 126 Å². The van der Waals surface area contributed by atoms with Crippen LogP contribution in [0.2, 0.25) is 0 Å². The Morgan fingerprint density at radius 1 is 1.48 bits per heavy atom. The van der Waals surface area contributed by atoms with Crippen molar-refractivity contribution in [3.63, 3.8) is 0 Å². The first-order valence-electron chi connectivity index (χ1n) is 7.95. The molecule has 2 atom stereocenters. The summed E-state index contributed by atoms with van der Waals surface area (Å²) >= 11 is 0. The minimum absolute atomic E-state index is 0.260. The topological polar surface area (TPSA) is 70.9 Å². The van der Waals surface area contributed by atoms with Gasteiger partial charge in [-0.25, -0.2) is 0 Å². The van der Waals surface area contributed by atoms with Crippen molar-refractivity contribution in [3.8, 4) is 0 Å². The second kappa shape index (κ2) is 5.19. The SMILES string of the molecule is [2H]C(C)(C)N[C@H]1Cc2c([nH]c3ccc(C(N)=O)cc23)CC1C. The lowest BCUT2D eigenvalue weighted by Gasteiger charge is -2.31. The molecule has 3 rings (SSSR count). The Kier molecular flexibility index (Phi) is 3.19. The number of amides is 1. The molecule has 0 saturated heterocycles. The number of carbonyl (C=O) groups excluding carboxylic acids is 1. The van der Waals surface area contributed by atoms with Crippen LogP contribution in [0.5, 0.6) is 0 Å². The van der Waals surface area contributed by atoms with E-state index in [9.17, 15) is 4.79 Å². The van der Waals surface area contributed by atoms with Crippen LogP contribution in [0.15, 0.2) is 18.2 Å². The molecule has 1 heterocycles. The molecule has 1 amide bonds.